The summed E-state index contributed by atoms with van der Waals surface area (Å²) in [4.78, 5) is 14.0. The second kappa shape index (κ2) is 6.71. The topological polar surface area (TPSA) is 32.3 Å². The van der Waals surface area contributed by atoms with Crippen molar-refractivity contribution < 1.29 is 4.79 Å². The average molecular weight is 260 g/mol. The Kier molecular flexibility index (Phi) is 4.97. The van der Waals surface area contributed by atoms with Crippen molar-refractivity contribution >= 4 is 11.6 Å². The number of amides is 1. The van der Waals surface area contributed by atoms with Crippen LogP contribution in [0, 0.1) is 12.8 Å². The van der Waals surface area contributed by atoms with E-state index in [0.29, 0.717) is 12.3 Å². The molecule has 1 heterocycles. The Hall–Kier alpha value is -1.35. The van der Waals surface area contributed by atoms with Crippen LogP contribution < -0.4 is 10.2 Å². The van der Waals surface area contributed by atoms with E-state index in [0.717, 1.165) is 25.2 Å². The third kappa shape index (κ3) is 4.06. The van der Waals surface area contributed by atoms with Crippen molar-refractivity contribution in [1.82, 2.24) is 5.32 Å². The van der Waals surface area contributed by atoms with Gasteiger partial charge in [0, 0.05) is 19.2 Å². The molecule has 1 atom stereocenters. The maximum absolute atomic E-state index is 12.2. The van der Waals surface area contributed by atoms with Crippen LogP contribution in [0.4, 0.5) is 5.69 Å². The Morgan fingerprint density at radius 1 is 1.47 bits per heavy atom. The monoisotopic (exact) mass is 260 g/mol. The summed E-state index contributed by atoms with van der Waals surface area (Å²) in [6.45, 7) is 4.25. The number of hydrogen-bond donors (Lipinski definition) is 1. The van der Waals surface area contributed by atoms with Crippen LogP contribution in [0.3, 0.4) is 0 Å². The van der Waals surface area contributed by atoms with Crippen molar-refractivity contribution in [2.24, 2.45) is 5.92 Å². The predicted octanol–water partition coefficient (Wildman–Crippen LogP) is 2.74. The van der Waals surface area contributed by atoms with Crippen molar-refractivity contribution in [1.29, 1.82) is 0 Å². The summed E-state index contributed by atoms with van der Waals surface area (Å²) in [6.07, 6.45) is 4.15. The molecule has 0 bridgehead atoms. The highest BCUT2D eigenvalue weighted by Crippen LogP contribution is 2.19. The summed E-state index contributed by atoms with van der Waals surface area (Å²) < 4.78 is 0. The van der Waals surface area contributed by atoms with E-state index in [1.807, 2.05) is 19.2 Å². The number of carbonyl (C=O) groups is 1. The molecule has 1 aromatic rings. The van der Waals surface area contributed by atoms with E-state index < -0.39 is 0 Å². The normalized spacial score (nSPS) is 19.2. The van der Waals surface area contributed by atoms with E-state index >= 15 is 0 Å². The number of nitrogens with one attached hydrogen (secondary N) is 1. The van der Waals surface area contributed by atoms with Crippen LogP contribution in [0.25, 0.3) is 0 Å². The fourth-order valence-corrected chi connectivity index (χ4v) is 2.65. The Morgan fingerprint density at radius 2 is 2.32 bits per heavy atom. The molecule has 1 aliphatic rings. The van der Waals surface area contributed by atoms with Gasteiger partial charge in [0.1, 0.15) is 0 Å². The molecule has 1 unspecified atom stereocenters. The van der Waals surface area contributed by atoms with Crippen LogP contribution in [0.15, 0.2) is 24.3 Å². The number of benzene rings is 1. The lowest BCUT2D eigenvalue weighted by atomic mass is 9.94. The zero-order valence-corrected chi connectivity index (χ0v) is 12.0. The number of piperidine rings is 1. The van der Waals surface area contributed by atoms with Crippen molar-refractivity contribution in [2.75, 3.05) is 25.0 Å². The van der Waals surface area contributed by atoms with Crippen molar-refractivity contribution in [3.8, 4) is 0 Å². The molecule has 19 heavy (non-hydrogen) atoms. The molecule has 1 aromatic carbocycles. The molecule has 0 radical (unpaired) electrons. The number of carbonyl (C=O) groups excluding carboxylic acids is 1. The minimum atomic E-state index is 0.219. The van der Waals surface area contributed by atoms with Gasteiger partial charge in [0.2, 0.25) is 5.91 Å². The van der Waals surface area contributed by atoms with Crippen LogP contribution in [0.5, 0.6) is 0 Å². The van der Waals surface area contributed by atoms with Crippen LogP contribution in [0.1, 0.15) is 31.2 Å². The van der Waals surface area contributed by atoms with Gasteiger partial charge in [0.25, 0.3) is 0 Å². The zero-order chi connectivity index (χ0) is 13.7. The van der Waals surface area contributed by atoms with Crippen LogP contribution in [0.2, 0.25) is 0 Å². The number of rotatable bonds is 4. The van der Waals surface area contributed by atoms with Crippen LogP contribution >= 0.6 is 0 Å². The van der Waals surface area contributed by atoms with E-state index in [1.54, 1.807) is 4.90 Å². The minimum absolute atomic E-state index is 0.219. The standard InChI is InChI=1S/C16H24N2O/c1-13-5-3-7-15(11-13)18(2)16(19)9-8-14-6-4-10-17-12-14/h3,5,7,11,14,17H,4,6,8-10,12H2,1-2H3. The second-order valence-corrected chi connectivity index (χ2v) is 5.54. The number of aryl methyl sites for hydroxylation is 1. The molecular weight excluding hydrogens is 236 g/mol. The molecule has 1 N–H and O–H groups in total. The van der Waals surface area contributed by atoms with E-state index in [1.165, 1.54) is 18.4 Å². The largest absolute Gasteiger partial charge is 0.316 e. The van der Waals surface area contributed by atoms with Crippen molar-refractivity contribution in [3.05, 3.63) is 29.8 Å². The fraction of sp³-hybridized carbons (Fsp3) is 0.562. The van der Waals surface area contributed by atoms with Gasteiger partial charge in [-0.05, 0) is 62.9 Å². The van der Waals surface area contributed by atoms with Gasteiger partial charge >= 0.3 is 0 Å². The number of nitrogens with zero attached hydrogens (tertiary/aromatic N) is 1. The Labute approximate surface area is 116 Å². The number of hydrogen-bond acceptors (Lipinski definition) is 2. The molecule has 0 saturated carbocycles. The summed E-state index contributed by atoms with van der Waals surface area (Å²) in [5.74, 6) is 0.889. The second-order valence-electron chi connectivity index (χ2n) is 5.54. The molecule has 104 valence electrons. The molecule has 3 heteroatoms. The first kappa shape index (κ1) is 14.1. The molecule has 3 nitrogen and oxygen atoms in total. The third-order valence-electron chi connectivity index (χ3n) is 3.93. The van der Waals surface area contributed by atoms with Gasteiger partial charge in [-0.3, -0.25) is 4.79 Å². The molecule has 0 aliphatic carbocycles. The Balaban J connectivity index is 1.85. The van der Waals surface area contributed by atoms with Gasteiger partial charge in [-0.1, -0.05) is 12.1 Å². The third-order valence-corrected chi connectivity index (χ3v) is 3.93. The van der Waals surface area contributed by atoms with Gasteiger partial charge in [0.15, 0.2) is 0 Å². The number of anilines is 1. The summed E-state index contributed by atoms with van der Waals surface area (Å²) in [5, 5.41) is 3.40. The molecular formula is C16H24N2O. The molecule has 1 saturated heterocycles. The van der Waals surface area contributed by atoms with Crippen molar-refractivity contribution in [3.63, 3.8) is 0 Å². The van der Waals surface area contributed by atoms with Gasteiger partial charge in [0.05, 0.1) is 0 Å². The van der Waals surface area contributed by atoms with Gasteiger partial charge in [-0.15, -0.1) is 0 Å². The minimum Gasteiger partial charge on any atom is -0.316 e. The summed E-state index contributed by atoms with van der Waals surface area (Å²) in [7, 11) is 1.87. The van der Waals surface area contributed by atoms with Gasteiger partial charge in [-0.2, -0.15) is 0 Å². The first-order chi connectivity index (χ1) is 9.16. The Morgan fingerprint density at radius 3 is 3.00 bits per heavy atom. The first-order valence-corrected chi connectivity index (χ1v) is 7.21. The van der Waals surface area contributed by atoms with E-state index in [9.17, 15) is 4.79 Å². The van der Waals surface area contributed by atoms with E-state index in [2.05, 4.69) is 24.4 Å². The average Bonchev–Trinajstić information content (AvgIpc) is 2.45. The molecule has 0 aromatic heterocycles. The molecule has 0 spiro atoms. The van der Waals surface area contributed by atoms with Crippen LogP contribution in [-0.2, 0) is 4.79 Å². The maximum atomic E-state index is 12.2. The maximum Gasteiger partial charge on any atom is 0.226 e. The lowest BCUT2D eigenvalue weighted by molar-refractivity contribution is -0.118. The first-order valence-electron chi connectivity index (χ1n) is 7.21. The highest BCUT2D eigenvalue weighted by molar-refractivity contribution is 5.92. The molecule has 1 fully saturated rings. The molecule has 1 aliphatic heterocycles. The lowest BCUT2D eigenvalue weighted by Crippen LogP contribution is -2.31. The van der Waals surface area contributed by atoms with Gasteiger partial charge < -0.3 is 10.2 Å². The van der Waals surface area contributed by atoms with E-state index in [4.69, 9.17) is 0 Å². The predicted molar refractivity (Wildman–Crippen MR) is 79.4 cm³/mol. The fourth-order valence-electron chi connectivity index (χ4n) is 2.65. The summed E-state index contributed by atoms with van der Waals surface area (Å²) >= 11 is 0. The highest BCUT2D eigenvalue weighted by Gasteiger charge is 2.16. The van der Waals surface area contributed by atoms with Crippen LogP contribution in [-0.4, -0.2) is 26.0 Å². The van der Waals surface area contributed by atoms with Gasteiger partial charge in [-0.25, -0.2) is 0 Å². The summed E-state index contributed by atoms with van der Waals surface area (Å²) in [6, 6.07) is 8.10. The van der Waals surface area contributed by atoms with E-state index in [-0.39, 0.29) is 5.91 Å². The molecule has 2 rings (SSSR count). The quantitative estimate of drug-likeness (QED) is 0.903. The Bertz CT molecular complexity index is 425. The highest BCUT2D eigenvalue weighted by atomic mass is 16.2. The van der Waals surface area contributed by atoms with Crippen molar-refractivity contribution in [2.45, 2.75) is 32.6 Å². The lowest BCUT2D eigenvalue weighted by Gasteiger charge is -2.24. The summed E-state index contributed by atoms with van der Waals surface area (Å²) in [5.41, 5.74) is 2.18. The molecule has 1 amide bonds. The zero-order valence-electron chi connectivity index (χ0n) is 12.0. The smallest absolute Gasteiger partial charge is 0.226 e. The SMILES string of the molecule is Cc1cccc(N(C)C(=O)CCC2CCCNC2)c1.